The summed E-state index contributed by atoms with van der Waals surface area (Å²) in [5.41, 5.74) is 1.39. The van der Waals surface area contributed by atoms with Crippen molar-refractivity contribution >= 4 is 0 Å². The Morgan fingerprint density at radius 3 is 2.67 bits per heavy atom. The van der Waals surface area contributed by atoms with Crippen molar-refractivity contribution in [3.63, 3.8) is 0 Å². The predicted octanol–water partition coefficient (Wildman–Crippen LogP) is 1.79. The van der Waals surface area contributed by atoms with Gasteiger partial charge in [-0.15, -0.1) is 0 Å². The average molecular weight is 163 g/mol. The molecular formula is C9H13N3. The van der Waals surface area contributed by atoms with Crippen molar-refractivity contribution in [1.29, 1.82) is 5.26 Å². The van der Waals surface area contributed by atoms with Gasteiger partial charge in [-0.25, -0.2) is 4.98 Å². The fourth-order valence-electron chi connectivity index (χ4n) is 1.11. The summed E-state index contributed by atoms with van der Waals surface area (Å²) in [6.45, 7) is 6.13. The van der Waals surface area contributed by atoms with Crippen molar-refractivity contribution in [3.8, 4) is 6.07 Å². The number of nitrogens with zero attached hydrogens (tertiary/aromatic N) is 2. The Morgan fingerprint density at radius 1 is 1.58 bits per heavy atom. The monoisotopic (exact) mass is 163 g/mol. The van der Waals surface area contributed by atoms with Gasteiger partial charge in [0.25, 0.3) is 0 Å². The molecule has 1 aromatic rings. The van der Waals surface area contributed by atoms with E-state index in [-0.39, 0.29) is 0 Å². The zero-order chi connectivity index (χ0) is 9.14. The molecule has 0 bridgehead atoms. The van der Waals surface area contributed by atoms with Gasteiger partial charge < -0.3 is 4.98 Å². The highest BCUT2D eigenvalue weighted by atomic mass is 14.9. The molecule has 0 saturated heterocycles. The minimum Gasteiger partial charge on any atom is -0.345 e. The molecule has 0 atom stereocenters. The molecule has 3 heteroatoms. The first-order valence-electron chi connectivity index (χ1n) is 4.09. The molecule has 1 aromatic heterocycles. The van der Waals surface area contributed by atoms with Crippen LogP contribution in [0.15, 0.2) is 0 Å². The second-order valence-corrected chi connectivity index (χ2v) is 3.37. The van der Waals surface area contributed by atoms with Gasteiger partial charge in [0.05, 0.1) is 0 Å². The van der Waals surface area contributed by atoms with Crippen molar-refractivity contribution in [2.45, 2.75) is 27.2 Å². The van der Waals surface area contributed by atoms with Crippen molar-refractivity contribution in [1.82, 2.24) is 9.97 Å². The Labute approximate surface area is 72.4 Å². The lowest BCUT2D eigenvalue weighted by Gasteiger charge is -1.98. The highest BCUT2D eigenvalue weighted by Gasteiger charge is 2.06. The van der Waals surface area contributed by atoms with E-state index < -0.39 is 0 Å². The molecule has 0 amide bonds. The lowest BCUT2D eigenvalue weighted by atomic mass is 10.1. The van der Waals surface area contributed by atoms with Crippen LogP contribution in [0.3, 0.4) is 0 Å². The van der Waals surface area contributed by atoms with E-state index in [9.17, 15) is 0 Å². The number of aromatic nitrogens is 2. The van der Waals surface area contributed by atoms with E-state index in [1.807, 2.05) is 13.0 Å². The lowest BCUT2D eigenvalue weighted by molar-refractivity contribution is 0.625. The molecule has 1 rings (SSSR count). The Kier molecular flexibility index (Phi) is 2.49. The van der Waals surface area contributed by atoms with Gasteiger partial charge in [-0.05, 0) is 12.8 Å². The fourth-order valence-corrected chi connectivity index (χ4v) is 1.11. The number of aromatic amines is 1. The zero-order valence-electron chi connectivity index (χ0n) is 7.68. The largest absolute Gasteiger partial charge is 0.345 e. The Morgan fingerprint density at radius 2 is 2.25 bits per heavy atom. The average Bonchev–Trinajstić information content (AvgIpc) is 2.29. The summed E-state index contributed by atoms with van der Waals surface area (Å²) in [6.07, 6.45) is 0.905. The molecular weight excluding hydrogens is 150 g/mol. The van der Waals surface area contributed by atoms with Crippen LogP contribution in [-0.4, -0.2) is 9.97 Å². The lowest BCUT2D eigenvalue weighted by Crippen LogP contribution is -1.95. The number of nitrogens with one attached hydrogen (secondary N) is 1. The minimum atomic E-state index is 0.519. The van der Waals surface area contributed by atoms with E-state index in [1.165, 1.54) is 0 Å². The van der Waals surface area contributed by atoms with E-state index in [4.69, 9.17) is 5.26 Å². The molecule has 1 N–H and O–H groups in total. The summed E-state index contributed by atoms with van der Waals surface area (Å²) in [6, 6.07) is 2.05. The molecule has 64 valence electrons. The molecule has 0 saturated carbocycles. The summed E-state index contributed by atoms with van der Waals surface area (Å²) in [4.78, 5) is 7.25. The first kappa shape index (κ1) is 8.79. The molecule has 0 spiro atoms. The van der Waals surface area contributed by atoms with E-state index in [0.29, 0.717) is 11.6 Å². The Balaban J connectivity index is 2.84. The molecule has 0 aliphatic rings. The number of aryl methyl sites for hydroxylation is 1. The van der Waals surface area contributed by atoms with Gasteiger partial charge in [-0.3, -0.25) is 0 Å². The summed E-state index contributed by atoms with van der Waals surface area (Å²) in [5.74, 6) is 1.49. The quantitative estimate of drug-likeness (QED) is 0.722. The van der Waals surface area contributed by atoms with Gasteiger partial charge >= 0.3 is 0 Å². The zero-order valence-corrected chi connectivity index (χ0v) is 7.68. The number of hydrogen-bond donors (Lipinski definition) is 1. The summed E-state index contributed by atoms with van der Waals surface area (Å²) in [5, 5.41) is 8.63. The molecule has 0 radical (unpaired) electrons. The fraction of sp³-hybridized carbons (Fsp3) is 0.556. The van der Waals surface area contributed by atoms with E-state index >= 15 is 0 Å². The number of H-pyrrole nitrogens is 1. The van der Waals surface area contributed by atoms with Crippen LogP contribution >= 0.6 is 0 Å². The minimum absolute atomic E-state index is 0.519. The molecule has 0 fully saturated rings. The van der Waals surface area contributed by atoms with Gasteiger partial charge in [0.2, 0.25) is 0 Å². The highest BCUT2D eigenvalue weighted by molar-refractivity contribution is 5.26. The van der Waals surface area contributed by atoms with E-state index in [1.54, 1.807) is 0 Å². The van der Waals surface area contributed by atoms with Crippen molar-refractivity contribution in [3.05, 3.63) is 17.2 Å². The van der Waals surface area contributed by atoms with Crippen LogP contribution < -0.4 is 0 Å². The van der Waals surface area contributed by atoms with Crippen LogP contribution in [0.5, 0.6) is 0 Å². The molecule has 0 unspecified atom stereocenters. The summed E-state index contributed by atoms with van der Waals surface area (Å²) in [7, 11) is 0. The van der Waals surface area contributed by atoms with Crippen molar-refractivity contribution in [2.24, 2.45) is 5.92 Å². The molecule has 0 aromatic carbocycles. The first-order valence-corrected chi connectivity index (χ1v) is 4.09. The number of nitriles is 1. The Hall–Kier alpha value is -1.30. The van der Waals surface area contributed by atoms with Gasteiger partial charge in [0.1, 0.15) is 11.9 Å². The maximum Gasteiger partial charge on any atom is 0.161 e. The number of rotatable bonds is 2. The van der Waals surface area contributed by atoms with Gasteiger partial charge in [-0.2, -0.15) is 5.26 Å². The number of imidazole rings is 1. The maximum absolute atomic E-state index is 8.63. The van der Waals surface area contributed by atoms with Crippen LogP contribution in [-0.2, 0) is 6.42 Å². The van der Waals surface area contributed by atoms with Gasteiger partial charge in [-0.1, -0.05) is 13.8 Å². The predicted molar refractivity (Wildman–Crippen MR) is 46.6 cm³/mol. The third kappa shape index (κ3) is 1.85. The smallest absolute Gasteiger partial charge is 0.161 e. The van der Waals surface area contributed by atoms with Crippen molar-refractivity contribution < 1.29 is 0 Å². The van der Waals surface area contributed by atoms with Crippen LogP contribution in [0, 0.1) is 24.2 Å². The summed E-state index contributed by atoms with van der Waals surface area (Å²) >= 11 is 0. The van der Waals surface area contributed by atoms with Crippen LogP contribution in [0.1, 0.15) is 31.1 Å². The van der Waals surface area contributed by atoms with Gasteiger partial charge in [0.15, 0.2) is 5.69 Å². The third-order valence-electron chi connectivity index (χ3n) is 1.64. The first-order chi connectivity index (χ1) is 5.63. The normalized spacial score (nSPS) is 10.2. The maximum atomic E-state index is 8.63. The van der Waals surface area contributed by atoms with Crippen LogP contribution in [0.2, 0.25) is 0 Å². The van der Waals surface area contributed by atoms with Crippen LogP contribution in [0.4, 0.5) is 0 Å². The van der Waals surface area contributed by atoms with Gasteiger partial charge in [0, 0.05) is 12.1 Å². The molecule has 0 aliphatic carbocycles. The van der Waals surface area contributed by atoms with E-state index in [0.717, 1.165) is 17.9 Å². The summed E-state index contributed by atoms with van der Waals surface area (Å²) < 4.78 is 0. The second-order valence-electron chi connectivity index (χ2n) is 3.37. The second kappa shape index (κ2) is 3.40. The topological polar surface area (TPSA) is 52.5 Å². The Bertz CT molecular complexity index is 304. The number of hydrogen-bond acceptors (Lipinski definition) is 2. The third-order valence-corrected chi connectivity index (χ3v) is 1.64. The van der Waals surface area contributed by atoms with Crippen molar-refractivity contribution in [2.75, 3.05) is 0 Å². The van der Waals surface area contributed by atoms with Crippen LogP contribution in [0.25, 0.3) is 0 Å². The SMILES string of the molecule is Cc1[nH]c(CC(C)C)nc1C#N. The molecule has 1 heterocycles. The molecule has 12 heavy (non-hydrogen) atoms. The molecule has 0 aliphatic heterocycles. The highest BCUT2D eigenvalue weighted by Crippen LogP contribution is 2.07. The standard InChI is InChI=1S/C9H13N3/c1-6(2)4-9-11-7(3)8(5-10)12-9/h6H,4H2,1-3H3,(H,11,12). The molecule has 3 nitrogen and oxygen atoms in total. The van der Waals surface area contributed by atoms with E-state index in [2.05, 4.69) is 23.8 Å².